The van der Waals surface area contributed by atoms with Crippen LogP contribution in [0.25, 0.3) is 11.0 Å². The van der Waals surface area contributed by atoms with Crippen LogP contribution in [0.3, 0.4) is 0 Å². The van der Waals surface area contributed by atoms with Gasteiger partial charge in [-0.05, 0) is 60.9 Å². The molecule has 1 N–H and O–H groups in total. The van der Waals surface area contributed by atoms with E-state index in [2.05, 4.69) is 5.32 Å². The van der Waals surface area contributed by atoms with E-state index in [4.69, 9.17) is 9.15 Å². The Hall–Kier alpha value is -4.39. The number of aryl methyl sites for hydroxylation is 1. The minimum absolute atomic E-state index is 0.0532. The van der Waals surface area contributed by atoms with E-state index in [1.807, 2.05) is 30.3 Å². The van der Waals surface area contributed by atoms with Crippen LogP contribution in [0.4, 0.5) is 11.4 Å². The molecule has 1 aliphatic heterocycles. The van der Waals surface area contributed by atoms with Crippen molar-refractivity contribution in [3.63, 3.8) is 0 Å². The molecule has 0 unspecified atom stereocenters. The molecule has 2 amide bonds. The van der Waals surface area contributed by atoms with Crippen LogP contribution in [-0.4, -0.2) is 25.5 Å². The van der Waals surface area contributed by atoms with Crippen molar-refractivity contribution in [2.45, 2.75) is 12.8 Å². The number of nitrogens with one attached hydrogen (secondary N) is 1. The van der Waals surface area contributed by atoms with Crippen molar-refractivity contribution in [3.05, 3.63) is 99.9 Å². The molecule has 4 aromatic rings. The Kier molecular flexibility index (Phi) is 5.59. The van der Waals surface area contributed by atoms with E-state index in [1.165, 1.54) is 13.2 Å². The first-order valence-electron chi connectivity index (χ1n) is 11.0. The molecule has 170 valence electrons. The smallest absolute Gasteiger partial charge is 0.349 e. The number of methoxy groups -OCH3 is 1. The molecule has 0 radical (unpaired) electrons. The lowest BCUT2D eigenvalue weighted by molar-refractivity contribution is 0.0983. The largest absolute Gasteiger partial charge is 0.493 e. The number of rotatable bonds is 4. The normalized spacial score (nSPS) is 12.8. The lowest BCUT2D eigenvalue weighted by Gasteiger charge is -2.30. The molecule has 0 fully saturated rings. The molecule has 5 rings (SSSR count). The molecule has 1 aromatic heterocycles. The summed E-state index contributed by atoms with van der Waals surface area (Å²) in [5, 5.41) is 3.37. The quantitative estimate of drug-likeness (QED) is 0.454. The molecule has 34 heavy (non-hydrogen) atoms. The zero-order valence-electron chi connectivity index (χ0n) is 18.5. The van der Waals surface area contributed by atoms with Crippen LogP contribution in [-0.2, 0) is 6.42 Å². The third kappa shape index (κ3) is 3.92. The van der Waals surface area contributed by atoms with Crippen molar-refractivity contribution < 1.29 is 18.7 Å². The minimum Gasteiger partial charge on any atom is -0.493 e. The van der Waals surface area contributed by atoms with Gasteiger partial charge in [0.05, 0.1) is 7.11 Å². The Balaban J connectivity index is 1.41. The predicted molar refractivity (Wildman–Crippen MR) is 130 cm³/mol. The maximum atomic E-state index is 13.0. The highest BCUT2D eigenvalue weighted by molar-refractivity contribution is 6.08. The van der Waals surface area contributed by atoms with E-state index in [0.717, 1.165) is 24.1 Å². The minimum atomic E-state index is -0.743. The van der Waals surface area contributed by atoms with E-state index in [9.17, 15) is 14.4 Å². The van der Waals surface area contributed by atoms with Gasteiger partial charge in [-0.2, -0.15) is 0 Å². The summed E-state index contributed by atoms with van der Waals surface area (Å²) in [5.41, 5.74) is 2.42. The van der Waals surface area contributed by atoms with E-state index in [0.29, 0.717) is 34.5 Å². The van der Waals surface area contributed by atoms with Crippen molar-refractivity contribution in [3.8, 4) is 5.75 Å². The summed E-state index contributed by atoms with van der Waals surface area (Å²) in [6, 6.07) is 21.3. The SMILES string of the molecule is COc1cccc2cc(C(=O)Nc3ccc4c(c3)CCCN4C(=O)c3ccccc3)c(=O)oc12. The number of nitrogens with zero attached hydrogens (tertiary/aromatic N) is 1. The van der Waals surface area contributed by atoms with Gasteiger partial charge in [0.25, 0.3) is 11.8 Å². The zero-order valence-corrected chi connectivity index (χ0v) is 18.5. The molecular weight excluding hydrogens is 432 g/mol. The summed E-state index contributed by atoms with van der Waals surface area (Å²) in [7, 11) is 1.49. The Morgan fingerprint density at radius 3 is 2.62 bits per heavy atom. The average Bonchev–Trinajstić information content (AvgIpc) is 2.87. The number of ether oxygens (including phenoxy) is 1. The van der Waals surface area contributed by atoms with Gasteiger partial charge in [0.1, 0.15) is 5.56 Å². The number of benzene rings is 3. The molecule has 0 saturated carbocycles. The van der Waals surface area contributed by atoms with Crippen molar-refractivity contribution in [1.29, 1.82) is 0 Å². The molecular formula is C27H22N2O5. The van der Waals surface area contributed by atoms with Crippen LogP contribution in [0.15, 0.2) is 82.0 Å². The first-order valence-corrected chi connectivity index (χ1v) is 11.0. The van der Waals surface area contributed by atoms with Crippen LogP contribution in [0.5, 0.6) is 5.75 Å². The van der Waals surface area contributed by atoms with Gasteiger partial charge < -0.3 is 19.4 Å². The number of hydrogen-bond acceptors (Lipinski definition) is 5. The van der Waals surface area contributed by atoms with E-state index >= 15 is 0 Å². The fourth-order valence-corrected chi connectivity index (χ4v) is 4.26. The molecule has 7 nitrogen and oxygen atoms in total. The third-order valence-electron chi connectivity index (χ3n) is 5.91. The van der Waals surface area contributed by atoms with Crippen molar-refractivity contribution in [1.82, 2.24) is 0 Å². The van der Waals surface area contributed by atoms with Gasteiger partial charge in [0, 0.05) is 28.9 Å². The van der Waals surface area contributed by atoms with Gasteiger partial charge in [-0.15, -0.1) is 0 Å². The molecule has 0 aliphatic carbocycles. The van der Waals surface area contributed by atoms with Gasteiger partial charge in [-0.25, -0.2) is 4.79 Å². The highest BCUT2D eigenvalue weighted by atomic mass is 16.5. The summed E-state index contributed by atoms with van der Waals surface area (Å²) in [6.45, 7) is 0.633. The highest BCUT2D eigenvalue weighted by Gasteiger charge is 2.24. The first-order chi connectivity index (χ1) is 16.5. The number of hydrogen-bond donors (Lipinski definition) is 1. The summed E-state index contributed by atoms with van der Waals surface area (Å²) in [5.74, 6) is -0.195. The van der Waals surface area contributed by atoms with Gasteiger partial charge in [0.2, 0.25) is 0 Å². The standard InChI is InChI=1S/C27H22N2O5/c1-33-23-11-5-9-19-16-21(27(32)34-24(19)23)25(30)28-20-12-13-22-18(15-20)10-6-14-29(22)26(31)17-7-3-2-4-8-17/h2-5,7-9,11-13,15-16H,6,10,14H2,1H3,(H,28,30). The number of anilines is 2. The number of carbonyl (C=O) groups excluding carboxylic acids is 2. The fraction of sp³-hybridized carbons (Fsp3) is 0.148. The van der Waals surface area contributed by atoms with Gasteiger partial charge in [0.15, 0.2) is 11.3 Å². The van der Waals surface area contributed by atoms with Crippen LogP contribution in [0.1, 0.15) is 32.7 Å². The maximum Gasteiger partial charge on any atom is 0.349 e. The van der Waals surface area contributed by atoms with Gasteiger partial charge >= 0.3 is 5.63 Å². The number of carbonyl (C=O) groups is 2. The van der Waals surface area contributed by atoms with Crippen LogP contribution < -0.4 is 20.6 Å². The first kappa shape index (κ1) is 21.5. The second kappa shape index (κ2) is 8.86. The average molecular weight is 454 g/mol. The number of amides is 2. The monoisotopic (exact) mass is 454 g/mol. The topological polar surface area (TPSA) is 88.9 Å². The summed E-state index contributed by atoms with van der Waals surface area (Å²) in [4.78, 5) is 40.2. The summed E-state index contributed by atoms with van der Waals surface area (Å²) in [6.07, 6.45) is 1.61. The number of fused-ring (bicyclic) bond motifs is 2. The van der Waals surface area contributed by atoms with Gasteiger partial charge in [-0.1, -0.05) is 30.3 Å². The summed E-state index contributed by atoms with van der Waals surface area (Å²) < 4.78 is 10.6. The van der Waals surface area contributed by atoms with Crippen molar-refractivity contribution in [2.75, 3.05) is 23.9 Å². The molecule has 3 aromatic carbocycles. The van der Waals surface area contributed by atoms with Crippen LogP contribution >= 0.6 is 0 Å². The molecule has 0 saturated heterocycles. The molecule has 0 spiro atoms. The molecule has 1 aliphatic rings. The summed E-state index contributed by atoms with van der Waals surface area (Å²) >= 11 is 0. The second-order valence-corrected chi connectivity index (χ2v) is 8.05. The lowest BCUT2D eigenvalue weighted by Crippen LogP contribution is -2.35. The maximum absolute atomic E-state index is 13.0. The third-order valence-corrected chi connectivity index (χ3v) is 5.91. The molecule has 2 heterocycles. The predicted octanol–water partition coefficient (Wildman–Crippen LogP) is 4.65. The lowest BCUT2D eigenvalue weighted by atomic mass is 10.00. The Morgan fingerprint density at radius 1 is 1.00 bits per heavy atom. The molecule has 0 bridgehead atoms. The number of para-hydroxylation sites is 1. The fourth-order valence-electron chi connectivity index (χ4n) is 4.26. The van der Waals surface area contributed by atoms with E-state index in [-0.39, 0.29) is 11.5 Å². The molecule has 0 atom stereocenters. The van der Waals surface area contributed by atoms with Crippen molar-refractivity contribution in [2.24, 2.45) is 0 Å². The van der Waals surface area contributed by atoms with Gasteiger partial charge in [-0.3, -0.25) is 9.59 Å². The van der Waals surface area contributed by atoms with Crippen LogP contribution in [0, 0.1) is 0 Å². The van der Waals surface area contributed by atoms with E-state index in [1.54, 1.807) is 41.3 Å². The van der Waals surface area contributed by atoms with E-state index < -0.39 is 11.5 Å². The molecule has 7 heteroatoms. The second-order valence-electron chi connectivity index (χ2n) is 8.05. The van der Waals surface area contributed by atoms with Crippen molar-refractivity contribution >= 4 is 34.2 Å². The zero-order chi connectivity index (χ0) is 23.7. The highest BCUT2D eigenvalue weighted by Crippen LogP contribution is 2.31. The van der Waals surface area contributed by atoms with Crippen LogP contribution in [0.2, 0.25) is 0 Å². The Bertz CT molecular complexity index is 1460. The Morgan fingerprint density at radius 2 is 1.82 bits per heavy atom. The Labute approximate surface area is 195 Å².